The second kappa shape index (κ2) is 9.34. The van der Waals surface area contributed by atoms with Crippen molar-refractivity contribution in [3.8, 4) is 12.3 Å². The fourth-order valence-electron chi connectivity index (χ4n) is 2.33. The Hall–Kier alpha value is -1.62. The number of hydrogen-bond acceptors (Lipinski definition) is 5. The summed E-state index contributed by atoms with van der Waals surface area (Å²) in [6.45, 7) is 4.61. The zero-order chi connectivity index (χ0) is 15.7. The van der Waals surface area contributed by atoms with Gasteiger partial charge in [-0.1, -0.05) is 0 Å². The van der Waals surface area contributed by atoms with Crippen molar-refractivity contribution in [3.05, 3.63) is 0 Å². The Kier molecular flexibility index (Phi) is 7.75. The van der Waals surface area contributed by atoms with Gasteiger partial charge in [-0.2, -0.15) is 0 Å². The molecule has 0 aromatic rings. The van der Waals surface area contributed by atoms with Crippen LogP contribution in [-0.4, -0.2) is 95.8 Å². The van der Waals surface area contributed by atoms with E-state index in [9.17, 15) is 9.59 Å². The molecule has 0 bridgehead atoms. The number of carboxylic acids is 2. The molecule has 1 heterocycles. The molecule has 0 spiro atoms. The number of hydrogen-bond donors (Lipinski definition) is 2. The lowest BCUT2D eigenvalue weighted by Crippen LogP contribution is -2.40. The SMILES string of the molecule is C#CCCN1CCN(CC(=O)O)CCN(CC(=O)O)CC1. The summed E-state index contributed by atoms with van der Waals surface area (Å²) in [5.41, 5.74) is 0. The van der Waals surface area contributed by atoms with Crippen LogP contribution in [0.1, 0.15) is 6.42 Å². The minimum atomic E-state index is -0.866. The Morgan fingerprint density at radius 2 is 1.24 bits per heavy atom. The molecule has 0 amide bonds. The largest absolute Gasteiger partial charge is 0.480 e. The zero-order valence-corrected chi connectivity index (χ0v) is 12.2. The van der Waals surface area contributed by atoms with Crippen LogP contribution < -0.4 is 0 Å². The summed E-state index contributed by atoms with van der Waals surface area (Å²) in [5, 5.41) is 17.9. The topological polar surface area (TPSA) is 84.3 Å². The van der Waals surface area contributed by atoms with E-state index in [-0.39, 0.29) is 13.1 Å². The van der Waals surface area contributed by atoms with Crippen LogP contribution in [0.25, 0.3) is 0 Å². The van der Waals surface area contributed by atoms with Gasteiger partial charge in [0.15, 0.2) is 0 Å². The maximum absolute atomic E-state index is 10.9. The van der Waals surface area contributed by atoms with Gasteiger partial charge in [-0.15, -0.1) is 12.3 Å². The Labute approximate surface area is 125 Å². The summed E-state index contributed by atoms with van der Waals surface area (Å²) < 4.78 is 0. The third-order valence-electron chi connectivity index (χ3n) is 3.49. The molecule has 0 saturated carbocycles. The summed E-state index contributed by atoms with van der Waals surface area (Å²) in [4.78, 5) is 27.6. The van der Waals surface area contributed by atoms with E-state index in [1.54, 1.807) is 0 Å². The molecular formula is C14H23N3O4. The molecule has 1 saturated heterocycles. The maximum Gasteiger partial charge on any atom is 0.317 e. The van der Waals surface area contributed by atoms with Crippen molar-refractivity contribution in [2.24, 2.45) is 0 Å². The van der Waals surface area contributed by atoms with E-state index < -0.39 is 11.9 Å². The van der Waals surface area contributed by atoms with Crippen LogP contribution >= 0.6 is 0 Å². The number of carbonyl (C=O) groups is 2. The second-order valence-corrected chi connectivity index (χ2v) is 5.14. The van der Waals surface area contributed by atoms with Crippen LogP contribution in [0.3, 0.4) is 0 Å². The van der Waals surface area contributed by atoms with Gasteiger partial charge in [0.2, 0.25) is 0 Å². The minimum Gasteiger partial charge on any atom is -0.480 e. The molecule has 7 heteroatoms. The van der Waals surface area contributed by atoms with Crippen molar-refractivity contribution in [1.82, 2.24) is 14.7 Å². The van der Waals surface area contributed by atoms with E-state index in [4.69, 9.17) is 16.6 Å². The molecule has 7 nitrogen and oxygen atoms in total. The van der Waals surface area contributed by atoms with Gasteiger partial charge in [-0.05, 0) is 0 Å². The van der Waals surface area contributed by atoms with E-state index in [1.165, 1.54) is 0 Å². The third-order valence-corrected chi connectivity index (χ3v) is 3.49. The summed E-state index contributed by atoms with van der Waals surface area (Å²) in [5.74, 6) is 0.863. The lowest BCUT2D eigenvalue weighted by atomic mass is 10.3. The van der Waals surface area contributed by atoms with Crippen molar-refractivity contribution in [3.63, 3.8) is 0 Å². The van der Waals surface area contributed by atoms with Crippen LogP contribution in [0.2, 0.25) is 0 Å². The maximum atomic E-state index is 10.9. The monoisotopic (exact) mass is 297 g/mol. The number of aliphatic carboxylic acids is 2. The summed E-state index contributed by atoms with van der Waals surface area (Å²) >= 11 is 0. The van der Waals surface area contributed by atoms with Crippen molar-refractivity contribution < 1.29 is 19.8 Å². The van der Waals surface area contributed by atoms with Crippen molar-refractivity contribution in [2.45, 2.75) is 6.42 Å². The normalized spacial score (nSPS) is 19.2. The molecule has 1 aliphatic heterocycles. The Morgan fingerprint density at radius 1 is 0.857 bits per heavy atom. The van der Waals surface area contributed by atoms with Crippen LogP contribution in [-0.2, 0) is 9.59 Å². The molecule has 2 N–H and O–H groups in total. The molecule has 0 unspecified atom stereocenters. The molecule has 0 aliphatic carbocycles. The lowest BCUT2D eigenvalue weighted by Gasteiger charge is -2.24. The van der Waals surface area contributed by atoms with Gasteiger partial charge in [0.25, 0.3) is 0 Å². The first-order valence-electron chi connectivity index (χ1n) is 7.05. The number of rotatable bonds is 6. The smallest absolute Gasteiger partial charge is 0.317 e. The Balaban J connectivity index is 2.64. The standard InChI is InChI=1S/C14H23N3O4/c1-2-3-4-15-5-7-16(11-13(18)19)9-10-17(8-6-15)12-14(20)21/h1H,3-12H2,(H,18,19)(H,20,21). The van der Waals surface area contributed by atoms with E-state index in [1.807, 2.05) is 9.80 Å². The molecule has 0 aromatic heterocycles. The van der Waals surface area contributed by atoms with Gasteiger partial charge < -0.3 is 10.2 Å². The van der Waals surface area contributed by atoms with Crippen LogP contribution in [0.15, 0.2) is 0 Å². The molecule has 118 valence electrons. The van der Waals surface area contributed by atoms with E-state index in [0.29, 0.717) is 32.6 Å². The third kappa shape index (κ3) is 7.66. The first-order chi connectivity index (χ1) is 10.0. The molecule has 1 rings (SSSR count). The summed E-state index contributed by atoms with van der Waals surface area (Å²) in [7, 11) is 0. The average Bonchev–Trinajstić information content (AvgIpc) is 2.48. The second-order valence-electron chi connectivity index (χ2n) is 5.14. The van der Waals surface area contributed by atoms with E-state index in [0.717, 1.165) is 19.6 Å². The first-order valence-corrected chi connectivity index (χ1v) is 7.05. The van der Waals surface area contributed by atoms with Gasteiger partial charge >= 0.3 is 11.9 Å². The Morgan fingerprint density at radius 3 is 1.57 bits per heavy atom. The molecule has 1 aliphatic rings. The van der Waals surface area contributed by atoms with Crippen LogP contribution in [0.4, 0.5) is 0 Å². The Bertz CT molecular complexity index is 366. The zero-order valence-electron chi connectivity index (χ0n) is 12.2. The predicted octanol–water partition coefficient (Wildman–Crippen LogP) is -0.901. The molecule has 0 aromatic carbocycles. The van der Waals surface area contributed by atoms with Crippen LogP contribution in [0.5, 0.6) is 0 Å². The van der Waals surface area contributed by atoms with Crippen LogP contribution in [0, 0.1) is 12.3 Å². The first kappa shape index (κ1) is 17.4. The summed E-state index contributed by atoms with van der Waals surface area (Å²) in [6.07, 6.45) is 5.92. The number of terminal acetylenes is 1. The predicted molar refractivity (Wildman–Crippen MR) is 78.0 cm³/mol. The highest BCUT2D eigenvalue weighted by Gasteiger charge is 2.18. The average molecular weight is 297 g/mol. The molecule has 1 fully saturated rings. The van der Waals surface area contributed by atoms with E-state index in [2.05, 4.69) is 10.8 Å². The molecule has 0 atom stereocenters. The van der Waals surface area contributed by atoms with Crippen molar-refractivity contribution >= 4 is 11.9 Å². The quantitative estimate of drug-likeness (QED) is 0.615. The van der Waals surface area contributed by atoms with Gasteiger partial charge in [-0.3, -0.25) is 24.3 Å². The summed E-state index contributed by atoms with van der Waals surface area (Å²) in [6, 6.07) is 0. The fraction of sp³-hybridized carbons (Fsp3) is 0.714. The number of carboxylic acid groups (broad SMARTS) is 2. The van der Waals surface area contributed by atoms with Crippen molar-refractivity contribution in [1.29, 1.82) is 0 Å². The van der Waals surface area contributed by atoms with Crippen molar-refractivity contribution in [2.75, 3.05) is 58.9 Å². The van der Waals surface area contributed by atoms with Gasteiger partial charge in [0.1, 0.15) is 0 Å². The molecule has 21 heavy (non-hydrogen) atoms. The molecule has 0 radical (unpaired) electrons. The van der Waals surface area contributed by atoms with E-state index >= 15 is 0 Å². The highest BCUT2D eigenvalue weighted by atomic mass is 16.4. The van der Waals surface area contributed by atoms with Gasteiger partial charge in [0, 0.05) is 52.2 Å². The lowest BCUT2D eigenvalue weighted by molar-refractivity contribution is -0.140. The highest BCUT2D eigenvalue weighted by Crippen LogP contribution is 2.01. The fourth-order valence-corrected chi connectivity index (χ4v) is 2.33. The minimum absolute atomic E-state index is 0.0239. The number of nitrogens with zero attached hydrogens (tertiary/aromatic N) is 3. The molecular weight excluding hydrogens is 274 g/mol. The van der Waals surface area contributed by atoms with Gasteiger partial charge in [0.05, 0.1) is 13.1 Å². The highest BCUT2D eigenvalue weighted by molar-refractivity contribution is 5.69. The van der Waals surface area contributed by atoms with Gasteiger partial charge in [-0.25, -0.2) is 0 Å².